The Morgan fingerprint density at radius 2 is 1.44 bits per heavy atom. The zero-order valence-corrected chi connectivity index (χ0v) is 21.7. The fourth-order valence-corrected chi connectivity index (χ4v) is 3.77. The highest BCUT2D eigenvalue weighted by Gasteiger charge is 2.27. The average molecular weight is 501 g/mol. The maximum Gasteiger partial charge on any atom is 0.354 e. The summed E-state index contributed by atoms with van der Waals surface area (Å²) in [5, 5.41) is 10.5. The number of methoxy groups -OCH3 is 1. The Morgan fingerprint density at radius 1 is 0.861 bits per heavy atom. The molecular formula is C28H36O8. The smallest absolute Gasteiger partial charge is 0.354 e. The zero-order chi connectivity index (χ0) is 26.7. The van der Waals surface area contributed by atoms with Crippen molar-refractivity contribution in [3.63, 3.8) is 0 Å². The van der Waals surface area contributed by atoms with Crippen LogP contribution in [0.4, 0.5) is 0 Å². The van der Waals surface area contributed by atoms with Gasteiger partial charge in [-0.25, -0.2) is 4.79 Å². The van der Waals surface area contributed by atoms with Gasteiger partial charge in [0.25, 0.3) is 6.10 Å². The molecule has 8 heteroatoms. The minimum atomic E-state index is -1.34. The van der Waals surface area contributed by atoms with Gasteiger partial charge < -0.3 is 24.1 Å². The van der Waals surface area contributed by atoms with E-state index >= 15 is 0 Å². The molecule has 2 aromatic rings. The third-order valence-electron chi connectivity index (χ3n) is 5.54. The Labute approximate surface area is 212 Å². The van der Waals surface area contributed by atoms with Crippen LogP contribution in [-0.4, -0.2) is 49.1 Å². The van der Waals surface area contributed by atoms with E-state index in [1.165, 1.54) is 21.0 Å². The van der Waals surface area contributed by atoms with E-state index in [1.54, 1.807) is 24.3 Å². The molecule has 196 valence electrons. The minimum absolute atomic E-state index is 0.0186. The van der Waals surface area contributed by atoms with Crippen molar-refractivity contribution in [2.45, 2.75) is 65.9 Å². The number of Topliss-reactive ketones (excluding diaryl/α,β-unsaturated/α-hetero) is 2. The predicted octanol–water partition coefficient (Wildman–Crippen LogP) is 4.86. The van der Waals surface area contributed by atoms with E-state index in [0.29, 0.717) is 60.9 Å². The molecule has 1 N–H and O–H groups in total. The molecule has 0 spiro atoms. The van der Waals surface area contributed by atoms with E-state index in [1.807, 2.05) is 19.9 Å². The van der Waals surface area contributed by atoms with Gasteiger partial charge in [0.2, 0.25) is 0 Å². The number of ketones is 2. The van der Waals surface area contributed by atoms with E-state index in [0.717, 1.165) is 18.4 Å². The first-order chi connectivity index (χ1) is 17.2. The van der Waals surface area contributed by atoms with Crippen LogP contribution in [0.15, 0.2) is 30.3 Å². The maximum atomic E-state index is 12.0. The molecule has 0 aliphatic carbocycles. The molecule has 2 aromatic carbocycles. The van der Waals surface area contributed by atoms with Crippen LogP contribution in [0.5, 0.6) is 23.0 Å². The van der Waals surface area contributed by atoms with E-state index in [9.17, 15) is 19.5 Å². The summed E-state index contributed by atoms with van der Waals surface area (Å²) in [5.41, 5.74) is 1.69. The van der Waals surface area contributed by atoms with Crippen molar-refractivity contribution in [2.24, 2.45) is 0 Å². The summed E-state index contributed by atoms with van der Waals surface area (Å²) in [7, 11) is 1.21. The number of phenols is 1. The van der Waals surface area contributed by atoms with Gasteiger partial charge in [-0.3, -0.25) is 9.59 Å². The highest BCUT2D eigenvalue weighted by atomic mass is 16.6. The van der Waals surface area contributed by atoms with Crippen LogP contribution >= 0.6 is 0 Å². The second-order valence-electron chi connectivity index (χ2n) is 8.41. The van der Waals surface area contributed by atoms with Gasteiger partial charge >= 0.3 is 5.97 Å². The van der Waals surface area contributed by atoms with Gasteiger partial charge in [-0.2, -0.15) is 0 Å². The lowest BCUT2D eigenvalue weighted by Crippen LogP contribution is -2.35. The van der Waals surface area contributed by atoms with Crippen LogP contribution in [0.25, 0.3) is 0 Å². The molecule has 0 fully saturated rings. The van der Waals surface area contributed by atoms with E-state index in [-0.39, 0.29) is 11.5 Å². The molecule has 0 saturated carbocycles. The van der Waals surface area contributed by atoms with Crippen LogP contribution in [0.3, 0.4) is 0 Å². The highest BCUT2D eigenvalue weighted by molar-refractivity contribution is 6.01. The predicted molar refractivity (Wildman–Crippen MR) is 135 cm³/mol. The van der Waals surface area contributed by atoms with Crippen LogP contribution in [0, 0.1) is 0 Å². The van der Waals surface area contributed by atoms with Crippen molar-refractivity contribution >= 4 is 17.5 Å². The number of carbonyl (C=O) groups is 3. The number of carbonyl (C=O) groups excluding carboxylic acids is 3. The molecule has 2 rings (SSSR count). The summed E-state index contributed by atoms with van der Waals surface area (Å²) in [5.74, 6) is 0.156. The molecule has 0 aliphatic heterocycles. The largest absolute Gasteiger partial charge is 0.507 e. The first-order valence-electron chi connectivity index (χ1n) is 12.2. The van der Waals surface area contributed by atoms with Crippen LogP contribution < -0.4 is 14.2 Å². The molecule has 1 unspecified atom stereocenters. The van der Waals surface area contributed by atoms with Crippen LogP contribution in [-0.2, 0) is 27.2 Å². The molecule has 8 nitrogen and oxygen atoms in total. The van der Waals surface area contributed by atoms with Gasteiger partial charge in [0, 0.05) is 17.5 Å². The third kappa shape index (κ3) is 7.47. The van der Waals surface area contributed by atoms with E-state index < -0.39 is 17.9 Å². The first-order valence-corrected chi connectivity index (χ1v) is 12.2. The number of phenolic OH excluding ortho intramolecular Hbond substituents is 1. The number of ether oxygens (including phenoxy) is 4. The molecule has 0 heterocycles. The summed E-state index contributed by atoms with van der Waals surface area (Å²) in [6.07, 6.45) is 2.07. The van der Waals surface area contributed by atoms with Crippen LogP contribution in [0.2, 0.25) is 0 Å². The van der Waals surface area contributed by atoms with Crippen molar-refractivity contribution in [1.29, 1.82) is 0 Å². The minimum Gasteiger partial charge on any atom is -0.507 e. The first kappa shape index (κ1) is 28.7. The summed E-state index contributed by atoms with van der Waals surface area (Å²) in [6.45, 7) is 7.41. The van der Waals surface area contributed by atoms with Gasteiger partial charge in [0.1, 0.15) is 23.0 Å². The SMILES string of the molecule is CCCc1c(OCCCOc2ccc(C(C)=O)c(O)c2CCC)cccc1OC(C(C)=O)C(=O)OC. The number of hydrogen-bond donors (Lipinski definition) is 1. The normalized spacial score (nSPS) is 11.5. The molecule has 1 atom stereocenters. The van der Waals surface area contributed by atoms with Gasteiger partial charge in [0.15, 0.2) is 11.6 Å². The molecular weight excluding hydrogens is 464 g/mol. The molecule has 0 saturated heterocycles. The van der Waals surface area contributed by atoms with Crippen molar-refractivity contribution < 1.29 is 38.4 Å². The van der Waals surface area contributed by atoms with Crippen molar-refractivity contribution in [3.8, 4) is 23.0 Å². The highest BCUT2D eigenvalue weighted by Crippen LogP contribution is 2.33. The monoisotopic (exact) mass is 500 g/mol. The molecule has 0 radical (unpaired) electrons. The fourth-order valence-electron chi connectivity index (χ4n) is 3.77. The molecule has 0 aliphatic rings. The quantitative estimate of drug-likeness (QED) is 0.160. The zero-order valence-electron chi connectivity index (χ0n) is 21.7. The summed E-state index contributed by atoms with van der Waals surface area (Å²) >= 11 is 0. The van der Waals surface area contributed by atoms with E-state index in [4.69, 9.17) is 18.9 Å². The number of benzene rings is 2. The Hall–Kier alpha value is -3.55. The molecule has 0 bridgehead atoms. The maximum absolute atomic E-state index is 12.0. The summed E-state index contributed by atoms with van der Waals surface area (Å²) in [6, 6.07) is 8.55. The fraction of sp³-hybridized carbons (Fsp3) is 0.464. The van der Waals surface area contributed by atoms with Crippen molar-refractivity contribution in [2.75, 3.05) is 20.3 Å². The van der Waals surface area contributed by atoms with Crippen LogP contribution in [0.1, 0.15) is 68.4 Å². The summed E-state index contributed by atoms with van der Waals surface area (Å²) in [4.78, 5) is 35.6. The summed E-state index contributed by atoms with van der Waals surface area (Å²) < 4.78 is 22.3. The number of aromatic hydroxyl groups is 1. The average Bonchev–Trinajstić information content (AvgIpc) is 2.84. The standard InChI is InChI=1S/C28H36O8/c1-6-10-21-23(12-8-13-25(21)36-27(19(4)30)28(32)33-5)34-16-9-17-35-24-15-14-20(18(3)29)26(31)22(24)11-7-2/h8,12-15,27,31H,6-7,9-11,16-17H2,1-5H3. The number of esters is 1. The lowest BCUT2D eigenvalue weighted by atomic mass is 10.0. The van der Waals surface area contributed by atoms with E-state index in [2.05, 4.69) is 0 Å². The Balaban J connectivity index is 2.06. The third-order valence-corrected chi connectivity index (χ3v) is 5.54. The van der Waals surface area contributed by atoms with Gasteiger partial charge in [-0.05, 0) is 51.0 Å². The van der Waals surface area contributed by atoms with Crippen molar-refractivity contribution in [1.82, 2.24) is 0 Å². The number of hydrogen-bond acceptors (Lipinski definition) is 8. The van der Waals surface area contributed by atoms with Gasteiger partial charge in [-0.15, -0.1) is 0 Å². The lowest BCUT2D eigenvalue weighted by molar-refractivity contribution is -0.152. The Morgan fingerprint density at radius 3 is 2.00 bits per heavy atom. The number of rotatable bonds is 15. The second kappa shape index (κ2) is 14.1. The topological polar surface area (TPSA) is 108 Å². The lowest BCUT2D eigenvalue weighted by Gasteiger charge is -2.19. The Bertz CT molecular complexity index is 1060. The van der Waals surface area contributed by atoms with Crippen molar-refractivity contribution in [3.05, 3.63) is 47.0 Å². The molecule has 36 heavy (non-hydrogen) atoms. The molecule has 0 amide bonds. The Kier molecular flexibility index (Phi) is 11.2. The molecule has 0 aromatic heterocycles. The van der Waals surface area contributed by atoms with Gasteiger partial charge in [-0.1, -0.05) is 32.8 Å². The van der Waals surface area contributed by atoms with Gasteiger partial charge in [0.05, 0.1) is 25.9 Å². The second-order valence-corrected chi connectivity index (χ2v) is 8.41.